The topological polar surface area (TPSA) is 138 Å². The average molecular weight is 532 g/mol. The van der Waals surface area contributed by atoms with Gasteiger partial charge in [0.05, 0.1) is 28.2 Å². The molecule has 9 nitrogen and oxygen atoms in total. The minimum atomic E-state index is -1.16. The zero-order valence-electron chi connectivity index (χ0n) is 19.8. The molecule has 0 saturated carbocycles. The number of para-hydroxylation sites is 1. The summed E-state index contributed by atoms with van der Waals surface area (Å²) in [5, 5.41) is 22.0. The van der Waals surface area contributed by atoms with Crippen LogP contribution in [0, 0.1) is 5.92 Å². The molecule has 2 aromatic carbocycles. The van der Waals surface area contributed by atoms with Crippen molar-refractivity contribution in [2.75, 3.05) is 7.11 Å². The molecule has 36 heavy (non-hydrogen) atoms. The predicted molar refractivity (Wildman–Crippen MR) is 137 cm³/mol. The minimum Gasteiger partial charge on any atom is -0.494 e. The second-order valence-corrected chi connectivity index (χ2v) is 9.16. The van der Waals surface area contributed by atoms with Crippen molar-refractivity contribution >= 4 is 57.8 Å². The van der Waals surface area contributed by atoms with E-state index in [0.29, 0.717) is 5.52 Å². The van der Waals surface area contributed by atoms with Crippen LogP contribution < -0.4 is 10.1 Å². The molecule has 3 aromatic rings. The van der Waals surface area contributed by atoms with Gasteiger partial charge >= 0.3 is 11.9 Å². The van der Waals surface area contributed by atoms with Crippen LogP contribution in [0.3, 0.4) is 0 Å². The Morgan fingerprint density at radius 1 is 1.06 bits per heavy atom. The Morgan fingerprint density at radius 3 is 2.22 bits per heavy atom. The third-order valence-electron chi connectivity index (χ3n) is 5.82. The summed E-state index contributed by atoms with van der Waals surface area (Å²) in [5.74, 6) is -2.23. The molecular formula is C25H23Cl2N3O6. The number of carboxylic acid groups (broad SMARTS) is 2. The van der Waals surface area contributed by atoms with E-state index in [9.17, 15) is 19.5 Å². The normalized spacial score (nSPS) is 16.8. The number of carbonyl (C=O) groups excluding carboxylic acids is 1. The van der Waals surface area contributed by atoms with Gasteiger partial charge in [-0.25, -0.2) is 19.6 Å². The van der Waals surface area contributed by atoms with Gasteiger partial charge in [0, 0.05) is 5.39 Å². The largest absolute Gasteiger partial charge is 0.494 e. The molecule has 1 amide bonds. The monoisotopic (exact) mass is 531 g/mol. The molecule has 188 valence electrons. The molecule has 1 aromatic heterocycles. The molecule has 0 aliphatic carbocycles. The Morgan fingerprint density at radius 2 is 1.69 bits per heavy atom. The van der Waals surface area contributed by atoms with Gasteiger partial charge in [0.1, 0.15) is 16.8 Å². The second kappa shape index (κ2) is 10.5. The summed E-state index contributed by atoms with van der Waals surface area (Å²) < 4.78 is 4.82. The molecule has 1 atom stereocenters. The number of aliphatic imine (C=N–C) groups is 1. The fraction of sp³-hybridized carbons (Fsp3) is 0.240. The zero-order valence-corrected chi connectivity index (χ0v) is 21.3. The first-order valence-corrected chi connectivity index (χ1v) is 11.5. The van der Waals surface area contributed by atoms with Crippen LogP contribution in [-0.4, -0.2) is 51.5 Å². The SMILES string of the molecule is CC(C)C1(C)N=C(c2nc3ccccc3cc2C(=O)O)NC1=O.COc1c(Cl)ccc(Cl)c1C(=O)O. The maximum Gasteiger partial charge on any atom is 0.341 e. The van der Waals surface area contributed by atoms with Crippen molar-refractivity contribution in [3.63, 3.8) is 0 Å². The second-order valence-electron chi connectivity index (χ2n) is 8.34. The molecule has 0 radical (unpaired) electrons. The molecule has 0 saturated heterocycles. The number of carboxylic acids is 2. The number of halogens is 2. The number of ether oxygens (including phenoxy) is 1. The highest BCUT2D eigenvalue weighted by Gasteiger charge is 2.43. The molecule has 0 fully saturated rings. The van der Waals surface area contributed by atoms with Crippen LogP contribution in [0.4, 0.5) is 0 Å². The van der Waals surface area contributed by atoms with Gasteiger partial charge in [-0.05, 0) is 37.1 Å². The van der Waals surface area contributed by atoms with Crippen molar-refractivity contribution in [1.29, 1.82) is 0 Å². The summed E-state index contributed by atoms with van der Waals surface area (Å²) in [7, 11) is 1.34. The number of fused-ring (bicyclic) bond motifs is 1. The Hall–Kier alpha value is -3.69. The summed E-state index contributed by atoms with van der Waals surface area (Å²) >= 11 is 11.4. The van der Waals surface area contributed by atoms with E-state index < -0.39 is 17.5 Å². The van der Waals surface area contributed by atoms with Gasteiger partial charge in [0.2, 0.25) is 0 Å². The van der Waals surface area contributed by atoms with Crippen LogP contribution in [0.1, 0.15) is 47.2 Å². The summed E-state index contributed by atoms with van der Waals surface area (Å²) in [4.78, 5) is 43.4. The van der Waals surface area contributed by atoms with Crippen molar-refractivity contribution in [2.24, 2.45) is 10.9 Å². The number of hydrogen-bond acceptors (Lipinski definition) is 6. The van der Waals surface area contributed by atoms with E-state index in [0.717, 1.165) is 5.39 Å². The molecule has 0 spiro atoms. The number of aromatic carboxylic acids is 2. The van der Waals surface area contributed by atoms with Crippen LogP contribution in [0.15, 0.2) is 47.5 Å². The highest BCUT2D eigenvalue weighted by Crippen LogP contribution is 2.33. The van der Waals surface area contributed by atoms with Crippen LogP contribution in [0.5, 0.6) is 5.75 Å². The summed E-state index contributed by atoms with van der Waals surface area (Å²) in [5.41, 5.74) is -0.165. The van der Waals surface area contributed by atoms with Crippen LogP contribution in [-0.2, 0) is 4.79 Å². The fourth-order valence-corrected chi connectivity index (χ4v) is 3.90. The van der Waals surface area contributed by atoms with Gasteiger partial charge in [-0.3, -0.25) is 4.79 Å². The van der Waals surface area contributed by atoms with Crippen molar-refractivity contribution in [3.05, 3.63) is 69.3 Å². The lowest BCUT2D eigenvalue weighted by molar-refractivity contribution is -0.124. The van der Waals surface area contributed by atoms with Crippen molar-refractivity contribution in [2.45, 2.75) is 26.3 Å². The Labute approximate surface area is 216 Å². The van der Waals surface area contributed by atoms with Gasteiger partial charge in [-0.1, -0.05) is 55.2 Å². The van der Waals surface area contributed by atoms with Gasteiger partial charge < -0.3 is 20.3 Å². The number of benzene rings is 2. The van der Waals surface area contributed by atoms with Gasteiger partial charge in [0.15, 0.2) is 11.6 Å². The molecule has 0 bridgehead atoms. The molecule has 3 N–H and O–H groups in total. The van der Waals surface area contributed by atoms with E-state index in [1.54, 1.807) is 25.1 Å². The lowest BCUT2D eigenvalue weighted by Crippen LogP contribution is -2.41. The van der Waals surface area contributed by atoms with Gasteiger partial charge in [-0.2, -0.15) is 0 Å². The van der Waals surface area contributed by atoms with E-state index in [1.807, 2.05) is 26.0 Å². The number of hydrogen-bond donors (Lipinski definition) is 3. The number of rotatable bonds is 5. The van der Waals surface area contributed by atoms with Crippen LogP contribution in [0.25, 0.3) is 10.9 Å². The quantitative estimate of drug-likeness (QED) is 0.424. The number of amidine groups is 1. The molecule has 11 heteroatoms. The minimum absolute atomic E-state index is 0.0197. The number of nitrogens with zero attached hydrogens (tertiary/aromatic N) is 2. The van der Waals surface area contributed by atoms with E-state index in [2.05, 4.69) is 15.3 Å². The third-order valence-corrected chi connectivity index (χ3v) is 6.43. The smallest absolute Gasteiger partial charge is 0.341 e. The van der Waals surface area contributed by atoms with Crippen LogP contribution >= 0.6 is 23.2 Å². The maximum absolute atomic E-state index is 12.3. The van der Waals surface area contributed by atoms with Gasteiger partial charge in [0.25, 0.3) is 5.91 Å². The molecule has 1 aliphatic heterocycles. The summed E-state index contributed by atoms with van der Waals surface area (Å²) in [6.07, 6.45) is 0. The standard InChI is InChI=1S/C17H17N3O3.C8H6Cl2O3/c1-9(2)17(3)16(23)19-14(20-17)13-11(15(21)22)8-10-6-4-5-7-12(10)18-13;1-13-7-5(10)3-2-4(9)6(7)8(11)12/h4-9H,1-3H3,(H,21,22)(H,19,20,23);2-3H,1H3,(H,11,12). The van der Waals surface area contributed by atoms with E-state index >= 15 is 0 Å². The van der Waals surface area contributed by atoms with E-state index in [4.69, 9.17) is 33.0 Å². The number of carbonyl (C=O) groups is 3. The van der Waals surface area contributed by atoms with E-state index in [1.165, 1.54) is 19.2 Å². The number of nitrogens with one attached hydrogen (secondary N) is 1. The first-order valence-electron chi connectivity index (χ1n) is 10.7. The highest BCUT2D eigenvalue weighted by molar-refractivity contribution is 6.37. The third kappa shape index (κ3) is 5.12. The van der Waals surface area contributed by atoms with Crippen molar-refractivity contribution < 1.29 is 29.3 Å². The first kappa shape index (κ1) is 26.9. The Kier molecular flexibility index (Phi) is 7.86. The maximum atomic E-state index is 12.3. The summed E-state index contributed by atoms with van der Waals surface area (Å²) in [6.45, 7) is 5.54. The summed E-state index contributed by atoms with van der Waals surface area (Å²) in [6, 6.07) is 11.7. The predicted octanol–water partition coefficient (Wildman–Crippen LogP) is 4.92. The Balaban J connectivity index is 0.000000236. The molecule has 2 heterocycles. The fourth-order valence-electron chi connectivity index (χ4n) is 3.44. The molecular weight excluding hydrogens is 509 g/mol. The number of methoxy groups -OCH3 is 1. The van der Waals surface area contributed by atoms with Gasteiger partial charge in [-0.15, -0.1) is 0 Å². The molecule has 1 unspecified atom stereocenters. The van der Waals surface area contributed by atoms with Crippen molar-refractivity contribution in [1.82, 2.24) is 10.3 Å². The zero-order chi connectivity index (χ0) is 26.8. The highest BCUT2D eigenvalue weighted by atomic mass is 35.5. The lowest BCUT2D eigenvalue weighted by Gasteiger charge is -2.21. The van der Waals surface area contributed by atoms with E-state index in [-0.39, 0.29) is 50.3 Å². The average Bonchev–Trinajstić information content (AvgIpc) is 3.15. The Bertz CT molecular complexity index is 1410. The lowest BCUT2D eigenvalue weighted by atomic mass is 9.89. The number of amides is 1. The van der Waals surface area contributed by atoms with Crippen molar-refractivity contribution in [3.8, 4) is 5.75 Å². The van der Waals surface area contributed by atoms with Crippen LogP contribution in [0.2, 0.25) is 10.0 Å². The molecule has 1 aliphatic rings. The number of aromatic nitrogens is 1. The first-order chi connectivity index (χ1) is 16.9. The number of pyridine rings is 1. The molecule has 4 rings (SSSR count).